The molecule has 0 saturated carbocycles. The molecule has 0 radical (unpaired) electrons. The molecular formula is C10H10BrClN2O2. The van der Waals surface area contributed by atoms with Crippen molar-refractivity contribution in [2.45, 2.75) is 11.2 Å². The summed E-state index contributed by atoms with van der Waals surface area (Å²) in [6.45, 7) is 0.618. The fourth-order valence-corrected chi connectivity index (χ4v) is 2.44. The van der Waals surface area contributed by atoms with Gasteiger partial charge in [0.1, 0.15) is 0 Å². The van der Waals surface area contributed by atoms with Gasteiger partial charge in [-0.25, -0.2) is 0 Å². The van der Waals surface area contributed by atoms with Gasteiger partial charge in [0, 0.05) is 23.9 Å². The summed E-state index contributed by atoms with van der Waals surface area (Å²) in [4.78, 5) is 17.5. The number of hydrogen-bond donors (Lipinski definition) is 0. The lowest BCUT2D eigenvalue weighted by Crippen LogP contribution is -2.25. The van der Waals surface area contributed by atoms with Gasteiger partial charge in [-0.3, -0.25) is 4.79 Å². The van der Waals surface area contributed by atoms with E-state index >= 15 is 0 Å². The Bertz CT molecular complexity index is 427. The van der Waals surface area contributed by atoms with Crippen LogP contribution < -0.4 is 9.64 Å². The fourth-order valence-electron chi connectivity index (χ4n) is 1.62. The largest absolute Gasteiger partial charge is 0.481 e. The van der Waals surface area contributed by atoms with Gasteiger partial charge in [-0.15, -0.1) is 0 Å². The second kappa shape index (κ2) is 4.59. The van der Waals surface area contributed by atoms with E-state index in [-0.39, 0.29) is 15.9 Å². The molecule has 1 saturated heterocycles. The van der Waals surface area contributed by atoms with Gasteiger partial charge in [0.2, 0.25) is 11.8 Å². The van der Waals surface area contributed by atoms with Crippen molar-refractivity contribution in [2.24, 2.45) is 0 Å². The highest BCUT2D eigenvalue weighted by molar-refractivity contribution is 9.09. The van der Waals surface area contributed by atoms with E-state index in [1.165, 1.54) is 7.11 Å². The first-order valence-electron chi connectivity index (χ1n) is 4.77. The van der Waals surface area contributed by atoms with E-state index in [1.807, 2.05) is 0 Å². The number of pyridine rings is 1. The van der Waals surface area contributed by atoms with Gasteiger partial charge >= 0.3 is 0 Å². The van der Waals surface area contributed by atoms with E-state index in [2.05, 4.69) is 20.9 Å². The topological polar surface area (TPSA) is 42.4 Å². The third kappa shape index (κ3) is 2.15. The normalized spacial score (nSPS) is 20.3. The van der Waals surface area contributed by atoms with Crippen LogP contribution in [0.1, 0.15) is 6.42 Å². The van der Waals surface area contributed by atoms with Crippen LogP contribution in [0.5, 0.6) is 5.88 Å². The van der Waals surface area contributed by atoms with Crippen molar-refractivity contribution in [3.05, 3.63) is 17.3 Å². The highest BCUT2D eigenvalue weighted by Gasteiger charge is 2.30. The number of halogens is 2. The van der Waals surface area contributed by atoms with Gasteiger partial charge in [0.05, 0.1) is 12.8 Å². The number of alkyl halides is 1. The molecule has 6 heteroatoms. The quantitative estimate of drug-likeness (QED) is 0.622. The minimum Gasteiger partial charge on any atom is -0.481 e. The van der Waals surface area contributed by atoms with Crippen LogP contribution in [0.15, 0.2) is 12.1 Å². The molecule has 1 fully saturated rings. The predicted octanol–water partition coefficient (Wildman–Crippen LogP) is 2.24. The first-order chi connectivity index (χ1) is 7.61. The van der Waals surface area contributed by atoms with Crippen LogP contribution in [0, 0.1) is 0 Å². The molecule has 4 nitrogen and oxygen atoms in total. The molecule has 0 spiro atoms. The number of carbonyl (C=O) groups excluding carboxylic acids is 1. The second-order valence-electron chi connectivity index (χ2n) is 3.47. The smallest absolute Gasteiger partial charge is 0.228 e. The van der Waals surface area contributed by atoms with E-state index in [0.717, 1.165) is 0 Å². The molecule has 1 aromatic rings. The average molecular weight is 306 g/mol. The molecule has 0 bridgehead atoms. The molecule has 1 atom stereocenters. The molecule has 2 rings (SSSR count). The minimum absolute atomic E-state index is 0.0516. The Morgan fingerprint density at radius 1 is 1.62 bits per heavy atom. The summed E-state index contributed by atoms with van der Waals surface area (Å²) in [6, 6.07) is 3.44. The van der Waals surface area contributed by atoms with Crippen LogP contribution in [-0.2, 0) is 4.79 Å². The minimum atomic E-state index is 0.0516. The van der Waals surface area contributed by atoms with Gasteiger partial charge < -0.3 is 9.64 Å². The third-order valence-corrected chi connectivity index (χ3v) is 3.27. The predicted molar refractivity (Wildman–Crippen MR) is 65.5 cm³/mol. The molecular weight excluding hydrogens is 295 g/mol. The van der Waals surface area contributed by atoms with Gasteiger partial charge in [-0.2, -0.15) is 4.98 Å². The number of carbonyl (C=O) groups is 1. The lowest BCUT2D eigenvalue weighted by molar-refractivity contribution is -0.117. The van der Waals surface area contributed by atoms with Crippen molar-refractivity contribution in [2.75, 3.05) is 18.6 Å². The summed E-state index contributed by atoms with van der Waals surface area (Å²) in [7, 11) is 1.52. The summed E-state index contributed by atoms with van der Waals surface area (Å²) in [5, 5.41) is 0.286. The summed E-state index contributed by atoms with van der Waals surface area (Å²) < 4.78 is 4.95. The molecule has 2 heterocycles. The molecule has 0 N–H and O–H groups in total. The van der Waals surface area contributed by atoms with Crippen LogP contribution >= 0.6 is 27.5 Å². The fraction of sp³-hybridized carbons (Fsp3) is 0.400. The maximum absolute atomic E-state index is 11.7. The Balaban J connectivity index is 2.30. The standard InChI is InChI=1S/C10H10BrClN2O2/c1-16-8-3-2-7(10(12)13-8)14-5-6(11)4-9(14)15/h2-3,6H,4-5H2,1H3. The van der Waals surface area contributed by atoms with Crippen molar-refractivity contribution in [3.8, 4) is 5.88 Å². The summed E-state index contributed by atoms with van der Waals surface area (Å²) in [5.74, 6) is 0.492. The van der Waals surface area contributed by atoms with E-state index in [1.54, 1.807) is 17.0 Å². The maximum atomic E-state index is 11.7. The number of methoxy groups -OCH3 is 1. The zero-order chi connectivity index (χ0) is 11.7. The van der Waals surface area contributed by atoms with Crippen LogP contribution in [0.3, 0.4) is 0 Å². The van der Waals surface area contributed by atoms with Crippen LogP contribution in [0.25, 0.3) is 0 Å². The summed E-state index contributed by atoms with van der Waals surface area (Å²) >= 11 is 9.42. The molecule has 86 valence electrons. The molecule has 1 unspecified atom stereocenters. The Kier molecular flexibility index (Phi) is 3.35. The van der Waals surface area contributed by atoms with Crippen LogP contribution in [0.4, 0.5) is 5.69 Å². The van der Waals surface area contributed by atoms with Crippen molar-refractivity contribution in [1.29, 1.82) is 0 Å². The van der Waals surface area contributed by atoms with Gasteiger partial charge in [-0.1, -0.05) is 27.5 Å². The number of amides is 1. The average Bonchev–Trinajstić information content (AvgIpc) is 2.57. The second-order valence-corrected chi connectivity index (χ2v) is 5.12. The molecule has 1 aliphatic rings. The number of nitrogens with zero attached hydrogens (tertiary/aromatic N) is 2. The van der Waals surface area contributed by atoms with Gasteiger partial charge in [-0.05, 0) is 6.07 Å². The number of hydrogen-bond acceptors (Lipinski definition) is 3. The molecule has 0 aromatic carbocycles. The molecule has 1 aromatic heterocycles. The molecule has 16 heavy (non-hydrogen) atoms. The Hall–Kier alpha value is -0.810. The van der Waals surface area contributed by atoms with Crippen molar-refractivity contribution in [1.82, 2.24) is 4.98 Å². The number of rotatable bonds is 2. The summed E-state index contributed by atoms with van der Waals surface area (Å²) in [5.41, 5.74) is 0.634. The zero-order valence-corrected chi connectivity index (χ0v) is 11.0. The van der Waals surface area contributed by atoms with Crippen molar-refractivity contribution < 1.29 is 9.53 Å². The van der Waals surface area contributed by atoms with Crippen LogP contribution in [-0.4, -0.2) is 29.4 Å². The van der Waals surface area contributed by atoms with E-state index in [0.29, 0.717) is 24.5 Å². The Labute approximate surface area is 107 Å². The Morgan fingerprint density at radius 2 is 2.38 bits per heavy atom. The monoisotopic (exact) mass is 304 g/mol. The van der Waals surface area contributed by atoms with E-state index < -0.39 is 0 Å². The first kappa shape index (κ1) is 11.7. The first-order valence-corrected chi connectivity index (χ1v) is 6.06. The van der Waals surface area contributed by atoms with Gasteiger partial charge in [0.15, 0.2) is 5.15 Å². The molecule has 1 amide bonds. The number of ether oxygens (including phenoxy) is 1. The SMILES string of the molecule is COc1ccc(N2CC(Br)CC2=O)c(Cl)n1. The highest BCUT2D eigenvalue weighted by Crippen LogP contribution is 2.31. The zero-order valence-electron chi connectivity index (χ0n) is 8.61. The van der Waals surface area contributed by atoms with E-state index in [4.69, 9.17) is 16.3 Å². The Morgan fingerprint density at radius 3 is 2.88 bits per heavy atom. The van der Waals surface area contributed by atoms with Gasteiger partial charge in [0.25, 0.3) is 0 Å². The molecule has 1 aliphatic heterocycles. The molecule has 0 aliphatic carbocycles. The van der Waals surface area contributed by atoms with Crippen LogP contribution in [0.2, 0.25) is 5.15 Å². The third-order valence-electron chi connectivity index (χ3n) is 2.38. The highest BCUT2D eigenvalue weighted by atomic mass is 79.9. The number of aromatic nitrogens is 1. The van der Waals surface area contributed by atoms with Crippen molar-refractivity contribution >= 4 is 39.1 Å². The maximum Gasteiger partial charge on any atom is 0.228 e. The number of anilines is 1. The lowest BCUT2D eigenvalue weighted by atomic mass is 10.3. The summed E-state index contributed by atoms with van der Waals surface area (Å²) in [6.07, 6.45) is 0.488. The van der Waals surface area contributed by atoms with E-state index in [9.17, 15) is 4.79 Å². The lowest BCUT2D eigenvalue weighted by Gasteiger charge is -2.17. The van der Waals surface area contributed by atoms with Crippen molar-refractivity contribution in [3.63, 3.8) is 0 Å².